The van der Waals surface area contributed by atoms with Crippen molar-refractivity contribution in [2.75, 3.05) is 19.7 Å². The van der Waals surface area contributed by atoms with E-state index in [0.29, 0.717) is 39.1 Å². The highest BCUT2D eigenvalue weighted by molar-refractivity contribution is 7.07. The lowest BCUT2D eigenvalue weighted by Crippen LogP contribution is -2.45. The van der Waals surface area contributed by atoms with Crippen LogP contribution in [0.15, 0.2) is 16.8 Å². The molecule has 20 heavy (non-hydrogen) atoms. The number of urea groups is 1. The van der Waals surface area contributed by atoms with E-state index in [1.165, 1.54) is 0 Å². The van der Waals surface area contributed by atoms with E-state index in [2.05, 4.69) is 5.32 Å². The first-order valence-corrected chi connectivity index (χ1v) is 7.85. The number of carbonyl (C=O) groups is 2. The van der Waals surface area contributed by atoms with Crippen LogP contribution in [0.2, 0.25) is 0 Å². The molecule has 1 aliphatic rings. The molecule has 0 unspecified atom stereocenters. The lowest BCUT2D eigenvalue weighted by Gasteiger charge is -2.30. The van der Waals surface area contributed by atoms with Crippen molar-refractivity contribution in [3.05, 3.63) is 22.4 Å². The molecule has 2 heterocycles. The second-order valence-electron chi connectivity index (χ2n) is 4.80. The van der Waals surface area contributed by atoms with E-state index in [4.69, 9.17) is 4.74 Å². The van der Waals surface area contributed by atoms with Gasteiger partial charge in [-0.05, 0) is 42.2 Å². The van der Waals surface area contributed by atoms with Crippen LogP contribution in [0.4, 0.5) is 4.79 Å². The number of nitrogens with zero attached hydrogens (tertiary/aromatic N) is 1. The number of likely N-dealkylation sites (tertiary alicyclic amines) is 1. The molecule has 1 aromatic heterocycles. The molecule has 1 aromatic rings. The molecule has 5 nitrogen and oxygen atoms in total. The summed E-state index contributed by atoms with van der Waals surface area (Å²) in [6, 6.07) is 1.94. The summed E-state index contributed by atoms with van der Waals surface area (Å²) in [5.41, 5.74) is 1.12. The standard InChI is InChI=1S/C14H20N2O3S/c1-2-19-13(17)12-3-6-16(7-4-12)14(18)15-9-11-5-8-20-10-11/h5,8,10,12H,2-4,6-7,9H2,1H3,(H,15,18). The summed E-state index contributed by atoms with van der Waals surface area (Å²) in [7, 11) is 0. The summed E-state index contributed by atoms with van der Waals surface area (Å²) < 4.78 is 5.02. The Morgan fingerprint density at radius 1 is 1.45 bits per heavy atom. The minimum atomic E-state index is -0.133. The normalized spacial score (nSPS) is 15.9. The topological polar surface area (TPSA) is 58.6 Å². The van der Waals surface area contributed by atoms with Gasteiger partial charge in [0.15, 0.2) is 0 Å². The third-order valence-electron chi connectivity index (χ3n) is 3.43. The van der Waals surface area contributed by atoms with Crippen LogP contribution < -0.4 is 5.32 Å². The third kappa shape index (κ3) is 3.96. The zero-order chi connectivity index (χ0) is 14.4. The fourth-order valence-electron chi connectivity index (χ4n) is 2.26. The molecule has 0 saturated carbocycles. The van der Waals surface area contributed by atoms with Crippen molar-refractivity contribution in [1.29, 1.82) is 0 Å². The quantitative estimate of drug-likeness (QED) is 0.867. The molecule has 1 saturated heterocycles. The minimum absolute atomic E-state index is 0.0569. The fraction of sp³-hybridized carbons (Fsp3) is 0.571. The maximum Gasteiger partial charge on any atom is 0.317 e. The zero-order valence-corrected chi connectivity index (χ0v) is 12.4. The predicted molar refractivity (Wildman–Crippen MR) is 77.5 cm³/mol. The lowest BCUT2D eigenvalue weighted by atomic mass is 9.97. The maximum atomic E-state index is 12.0. The van der Waals surface area contributed by atoms with Gasteiger partial charge in [-0.1, -0.05) is 0 Å². The molecule has 0 atom stereocenters. The van der Waals surface area contributed by atoms with Crippen molar-refractivity contribution in [2.24, 2.45) is 5.92 Å². The van der Waals surface area contributed by atoms with Crippen LogP contribution in [0.25, 0.3) is 0 Å². The summed E-state index contributed by atoms with van der Waals surface area (Å²) in [6.45, 7) is 4.00. The number of ether oxygens (including phenoxy) is 1. The minimum Gasteiger partial charge on any atom is -0.466 e. The molecule has 0 radical (unpaired) electrons. The van der Waals surface area contributed by atoms with E-state index >= 15 is 0 Å². The Kier molecular flexibility index (Phi) is 5.40. The van der Waals surface area contributed by atoms with Crippen molar-refractivity contribution in [3.63, 3.8) is 0 Å². The van der Waals surface area contributed by atoms with E-state index in [1.54, 1.807) is 16.2 Å². The molecule has 2 rings (SSSR count). The van der Waals surface area contributed by atoms with Gasteiger partial charge >= 0.3 is 12.0 Å². The number of nitrogens with one attached hydrogen (secondary N) is 1. The van der Waals surface area contributed by atoms with Crippen LogP contribution in [0.1, 0.15) is 25.3 Å². The Hall–Kier alpha value is -1.56. The highest BCUT2D eigenvalue weighted by Gasteiger charge is 2.27. The van der Waals surface area contributed by atoms with Crippen molar-refractivity contribution in [3.8, 4) is 0 Å². The van der Waals surface area contributed by atoms with Gasteiger partial charge in [0.2, 0.25) is 0 Å². The summed E-state index contributed by atoms with van der Waals surface area (Å²) in [5, 5.41) is 6.91. The van der Waals surface area contributed by atoms with Crippen LogP contribution in [0.3, 0.4) is 0 Å². The largest absolute Gasteiger partial charge is 0.466 e. The van der Waals surface area contributed by atoms with E-state index in [1.807, 2.05) is 23.8 Å². The summed E-state index contributed by atoms with van der Waals surface area (Å²) in [6.07, 6.45) is 1.37. The van der Waals surface area contributed by atoms with Gasteiger partial charge in [-0.15, -0.1) is 0 Å². The Labute approximate surface area is 122 Å². The molecule has 1 fully saturated rings. The van der Waals surface area contributed by atoms with Gasteiger partial charge in [0, 0.05) is 19.6 Å². The molecular weight excluding hydrogens is 276 g/mol. The van der Waals surface area contributed by atoms with Crippen molar-refractivity contribution in [1.82, 2.24) is 10.2 Å². The number of rotatable bonds is 4. The Morgan fingerprint density at radius 3 is 2.80 bits per heavy atom. The molecule has 110 valence electrons. The first kappa shape index (κ1) is 14.8. The molecule has 0 bridgehead atoms. The number of thiophene rings is 1. The van der Waals surface area contributed by atoms with Crippen LogP contribution in [-0.2, 0) is 16.1 Å². The third-order valence-corrected chi connectivity index (χ3v) is 4.16. The molecular formula is C14H20N2O3S. The van der Waals surface area contributed by atoms with E-state index < -0.39 is 0 Å². The highest BCUT2D eigenvalue weighted by Crippen LogP contribution is 2.18. The molecule has 6 heteroatoms. The van der Waals surface area contributed by atoms with Gasteiger partial charge in [-0.25, -0.2) is 4.79 Å². The summed E-state index contributed by atoms with van der Waals surface area (Å²) in [4.78, 5) is 25.4. The van der Waals surface area contributed by atoms with Crippen molar-refractivity contribution < 1.29 is 14.3 Å². The SMILES string of the molecule is CCOC(=O)C1CCN(C(=O)NCc2ccsc2)CC1. The first-order chi connectivity index (χ1) is 9.70. The number of esters is 1. The number of amides is 2. The van der Waals surface area contributed by atoms with E-state index in [-0.39, 0.29) is 17.9 Å². The van der Waals surface area contributed by atoms with Gasteiger partial charge in [-0.3, -0.25) is 4.79 Å². The zero-order valence-electron chi connectivity index (χ0n) is 11.6. The van der Waals surface area contributed by atoms with Crippen molar-refractivity contribution >= 4 is 23.3 Å². The van der Waals surface area contributed by atoms with Crippen LogP contribution in [0.5, 0.6) is 0 Å². The Balaban J connectivity index is 1.73. The lowest BCUT2D eigenvalue weighted by molar-refractivity contribution is -0.149. The molecule has 0 aromatic carbocycles. The second kappa shape index (κ2) is 7.28. The van der Waals surface area contributed by atoms with E-state index in [0.717, 1.165) is 5.56 Å². The fourth-order valence-corrected chi connectivity index (χ4v) is 2.93. The monoisotopic (exact) mass is 296 g/mol. The average Bonchev–Trinajstić information content (AvgIpc) is 2.98. The smallest absolute Gasteiger partial charge is 0.317 e. The molecule has 0 spiro atoms. The van der Waals surface area contributed by atoms with Gasteiger partial charge in [0.05, 0.1) is 12.5 Å². The Morgan fingerprint density at radius 2 is 2.20 bits per heavy atom. The number of carbonyl (C=O) groups excluding carboxylic acids is 2. The predicted octanol–water partition coefficient (Wildman–Crippen LogP) is 2.23. The molecule has 0 aliphatic carbocycles. The Bertz CT molecular complexity index is 439. The van der Waals surface area contributed by atoms with Gasteiger partial charge in [-0.2, -0.15) is 11.3 Å². The summed E-state index contributed by atoms with van der Waals surface area (Å²) >= 11 is 1.62. The van der Waals surface area contributed by atoms with Gasteiger partial charge in [0.25, 0.3) is 0 Å². The number of piperidine rings is 1. The highest BCUT2D eigenvalue weighted by atomic mass is 32.1. The van der Waals surface area contributed by atoms with Gasteiger partial charge < -0.3 is 15.0 Å². The second-order valence-corrected chi connectivity index (χ2v) is 5.58. The number of hydrogen-bond donors (Lipinski definition) is 1. The number of hydrogen-bond acceptors (Lipinski definition) is 4. The van der Waals surface area contributed by atoms with Crippen molar-refractivity contribution in [2.45, 2.75) is 26.3 Å². The van der Waals surface area contributed by atoms with Crippen LogP contribution in [-0.4, -0.2) is 36.6 Å². The maximum absolute atomic E-state index is 12.0. The van der Waals surface area contributed by atoms with Gasteiger partial charge in [0.1, 0.15) is 0 Å². The first-order valence-electron chi connectivity index (χ1n) is 6.91. The molecule has 1 aliphatic heterocycles. The molecule has 2 amide bonds. The van der Waals surface area contributed by atoms with E-state index in [9.17, 15) is 9.59 Å². The van der Waals surface area contributed by atoms with Crippen LogP contribution in [0, 0.1) is 5.92 Å². The summed E-state index contributed by atoms with van der Waals surface area (Å²) in [5.74, 6) is -0.193. The average molecular weight is 296 g/mol. The molecule has 1 N–H and O–H groups in total. The van der Waals surface area contributed by atoms with Crippen LogP contribution >= 0.6 is 11.3 Å².